The number of halogens is 3. The minimum absolute atomic E-state index is 0.00896. The van der Waals surface area contributed by atoms with Gasteiger partial charge in [0.15, 0.2) is 0 Å². The molecule has 0 radical (unpaired) electrons. The molecule has 0 bridgehead atoms. The largest absolute Gasteiger partial charge is 0.489 e. The second kappa shape index (κ2) is 9.68. The van der Waals surface area contributed by atoms with E-state index in [0.29, 0.717) is 6.61 Å². The van der Waals surface area contributed by atoms with Crippen LogP contribution in [0.5, 0.6) is 5.75 Å². The lowest BCUT2D eigenvalue weighted by molar-refractivity contribution is -0.140. The van der Waals surface area contributed by atoms with Gasteiger partial charge in [-0.2, -0.15) is 13.2 Å². The van der Waals surface area contributed by atoms with Gasteiger partial charge in [0.1, 0.15) is 12.4 Å². The highest BCUT2D eigenvalue weighted by Gasteiger charge is 2.34. The standard InChI is InChI=1S/C23H29F3O3/c24-23(25,26)21-14-20(11-9-17(21)10-12-22(27)28)29-15-19-8-4-7-18(19)13-16-5-2-1-3-6-16/h9,11,14,16H,1-8,10,12-13,15H2,(H,27,28). The van der Waals surface area contributed by atoms with Crippen molar-refractivity contribution in [2.24, 2.45) is 5.92 Å². The van der Waals surface area contributed by atoms with Crippen molar-refractivity contribution in [2.75, 3.05) is 6.61 Å². The highest BCUT2D eigenvalue weighted by Crippen LogP contribution is 2.37. The van der Waals surface area contributed by atoms with E-state index < -0.39 is 17.7 Å². The van der Waals surface area contributed by atoms with Crippen LogP contribution in [0, 0.1) is 5.92 Å². The monoisotopic (exact) mass is 410 g/mol. The van der Waals surface area contributed by atoms with Gasteiger partial charge in [0.2, 0.25) is 0 Å². The van der Waals surface area contributed by atoms with Gasteiger partial charge in [0.25, 0.3) is 0 Å². The van der Waals surface area contributed by atoms with Gasteiger partial charge >= 0.3 is 12.1 Å². The molecule has 6 heteroatoms. The molecule has 3 rings (SSSR count). The molecular weight excluding hydrogens is 381 g/mol. The molecule has 29 heavy (non-hydrogen) atoms. The molecule has 1 aromatic carbocycles. The molecule has 0 amide bonds. The molecule has 1 N–H and O–H groups in total. The number of carboxylic acids is 1. The molecule has 0 atom stereocenters. The van der Waals surface area contributed by atoms with Gasteiger partial charge in [0, 0.05) is 6.42 Å². The summed E-state index contributed by atoms with van der Waals surface area (Å²) in [6, 6.07) is 3.86. The number of carbonyl (C=O) groups is 1. The Hall–Kier alpha value is -1.98. The first-order chi connectivity index (χ1) is 13.8. The van der Waals surface area contributed by atoms with Crippen LogP contribution in [0.3, 0.4) is 0 Å². The summed E-state index contributed by atoms with van der Waals surface area (Å²) in [5, 5.41) is 8.76. The molecule has 1 fully saturated rings. The Kier molecular flexibility index (Phi) is 7.25. The van der Waals surface area contributed by atoms with Crippen LogP contribution in [0.4, 0.5) is 13.2 Å². The van der Waals surface area contributed by atoms with Gasteiger partial charge in [-0.3, -0.25) is 4.79 Å². The van der Waals surface area contributed by atoms with E-state index in [4.69, 9.17) is 9.84 Å². The fourth-order valence-corrected chi connectivity index (χ4v) is 4.57. The van der Waals surface area contributed by atoms with Crippen LogP contribution in [-0.4, -0.2) is 17.7 Å². The van der Waals surface area contributed by atoms with E-state index in [0.717, 1.165) is 37.7 Å². The van der Waals surface area contributed by atoms with E-state index in [2.05, 4.69) is 0 Å². The van der Waals surface area contributed by atoms with E-state index in [-0.39, 0.29) is 24.2 Å². The molecule has 0 saturated heterocycles. The third-order valence-electron chi connectivity index (χ3n) is 6.12. The summed E-state index contributed by atoms with van der Waals surface area (Å²) >= 11 is 0. The van der Waals surface area contributed by atoms with Gasteiger partial charge in [-0.05, 0) is 61.3 Å². The molecule has 160 valence electrons. The van der Waals surface area contributed by atoms with Crippen molar-refractivity contribution in [1.29, 1.82) is 0 Å². The Morgan fingerprint density at radius 1 is 1.07 bits per heavy atom. The zero-order valence-electron chi connectivity index (χ0n) is 16.7. The van der Waals surface area contributed by atoms with Crippen LogP contribution < -0.4 is 4.74 Å². The average Bonchev–Trinajstić information content (AvgIpc) is 3.12. The van der Waals surface area contributed by atoms with Crippen LogP contribution in [-0.2, 0) is 17.4 Å². The lowest BCUT2D eigenvalue weighted by Crippen LogP contribution is -2.12. The van der Waals surface area contributed by atoms with Gasteiger partial charge in [-0.25, -0.2) is 0 Å². The van der Waals surface area contributed by atoms with E-state index in [9.17, 15) is 18.0 Å². The van der Waals surface area contributed by atoms with Crippen molar-refractivity contribution >= 4 is 5.97 Å². The van der Waals surface area contributed by atoms with Crippen molar-refractivity contribution in [2.45, 2.75) is 76.8 Å². The Morgan fingerprint density at radius 2 is 1.79 bits per heavy atom. The second-order valence-corrected chi connectivity index (χ2v) is 8.27. The number of allylic oxidation sites excluding steroid dienone is 1. The Balaban J connectivity index is 1.67. The smallest absolute Gasteiger partial charge is 0.416 e. The van der Waals surface area contributed by atoms with Crippen molar-refractivity contribution < 1.29 is 27.8 Å². The van der Waals surface area contributed by atoms with Gasteiger partial charge in [-0.1, -0.05) is 43.7 Å². The van der Waals surface area contributed by atoms with E-state index in [1.165, 1.54) is 55.4 Å². The second-order valence-electron chi connectivity index (χ2n) is 8.27. The number of alkyl halides is 3. The zero-order chi connectivity index (χ0) is 20.9. The highest BCUT2D eigenvalue weighted by molar-refractivity contribution is 5.67. The first kappa shape index (κ1) is 21.7. The number of benzene rings is 1. The quantitative estimate of drug-likeness (QED) is 0.494. The van der Waals surface area contributed by atoms with Crippen LogP contribution in [0.1, 0.15) is 75.3 Å². The first-order valence-electron chi connectivity index (χ1n) is 10.6. The molecule has 2 aliphatic carbocycles. The highest BCUT2D eigenvalue weighted by atomic mass is 19.4. The Labute approximate surface area is 170 Å². The number of hydrogen-bond acceptors (Lipinski definition) is 2. The summed E-state index contributed by atoms with van der Waals surface area (Å²) in [7, 11) is 0. The van der Waals surface area contributed by atoms with Crippen molar-refractivity contribution in [1.82, 2.24) is 0 Å². The van der Waals surface area contributed by atoms with Gasteiger partial charge < -0.3 is 9.84 Å². The molecule has 0 aliphatic heterocycles. The number of aliphatic carboxylic acids is 1. The molecule has 3 nitrogen and oxygen atoms in total. The lowest BCUT2D eigenvalue weighted by Gasteiger charge is -2.22. The van der Waals surface area contributed by atoms with Crippen LogP contribution in [0.15, 0.2) is 29.3 Å². The van der Waals surface area contributed by atoms with Crippen molar-refractivity contribution in [3.8, 4) is 5.75 Å². The number of rotatable bonds is 8. The minimum Gasteiger partial charge on any atom is -0.489 e. The first-order valence-corrected chi connectivity index (χ1v) is 10.6. The van der Waals surface area contributed by atoms with Crippen LogP contribution in [0.2, 0.25) is 0 Å². The topological polar surface area (TPSA) is 46.5 Å². The maximum absolute atomic E-state index is 13.4. The third-order valence-corrected chi connectivity index (χ3v) is 6.12. The van der Waals surface area contributed by atoms with Crippen molar-refractivity contribution in [3.63, 3.8) is 0 Å². The summed E-state index contributed by atoms with van der Waals surface area (Å²) in [5.74, 6) is -0.179. The summed E-state index contributed by atoms with van der Waals surface area (Å²) in [4.78, 5) is 10.7. The van der Waals surface area contributed by atoms with Gasteiger partial charge in [-0.15, -0.1) is 0 Å². The molecule has 0 aromatic heterocycles. The summed E-state index contributed by atoms with van der Waals surface area (Å²) in [5.41, 5.74) is 1.88. The molecule has 0 heterocycles. The van der Waals surface area contributed by atoms with E-state index >= 15 is 0 Å². The van der Waals surface area contributed by atoms with E-state index in [1.54, 1.807) is 0 Å². The predicted octanol–water partition coefficient (Wildman–Crippen LogP) is 6.55. The average molecular weight is 410 g/mol. The minimum atomic E-state index is -4.54. The number of ether oxygens (including phenoxy) is 1. The molecule has 0 spiro atoms. The van der Waals surface area contributed by atoms with E-state index in [1.807, 2.05) is 0 Å². The maximum Gasteiger partial charge on any atom is 0.416 e. The third kappa shape index (κ3) is 6.25. The Bertz CT molecular complexity index is 746. The van der Waals surface area contributed by atoms with Gasteiger partial charge in [0.05, 0.1) is 5.56 Å². The normalized spacial score (nSPS) is 18.3. The van der Waals surface area contributed by atoms with Crippen molar-refractivity contribution in [3.05, 3.63) is 40.5 Å². The Morgan fingerprint density at radius 3 is 2.48 bits per heavy atom. The lowest BCUT2D eigenvalue weighted by atomic mass is 9.84. The number of hydrogen-bond donors (Lipinski definition) is 1. The summed E-state index contributed by atoms with van der Waals surface area (Å²) in [6.45, 7) is 0.341. The molecular formula is C23H29F3O3. The molecule has 1 aromatic rings. The fourth-order valence-electron chi connectivity index (χ4n) is 4.57. The maximum atomic E-state index is 13.4. The summed E-state index contributed by atoms with van der Waals surface area (Å²) in [6.07, 6.45) is 5.74. The molecule has 1 saturated carbocycles. The molecule has 0 unspecified atom stereocenters. The molecule has 2 aliphatic rings. The fraction of sp³-hybridized carbons (Fsp3) is 0.609. The van der Waals surface area contributed by atoms with Crippen LogP contribution in [0.25, 0.3) is 0 Å². The van der Waals surface area contributed by atoms with Crippen LogP contribution >= 0.6 is 0 Å². The number of carboxylic acid groups (broad SMARTS) is 1. The predicted molar refractivity (Wildman–Crippen MR) is 105 cm³/mol. The SMILES string of the molecule is O=C(O)CCc1ccc(OCC2=C(CC3CCCCC3)CCC2)cc1C(F)(F)F. The number of aryl methyl sites for hydroxylation is 1. The zero-order valence-corrected chi connectivity index (χ0v) is 16.7. The summed E-state index contributed by atoms with van der Waals surface area (Å²) < 4.78 is 46.0.